The van der Waals surface area contributed by atoms with Gasteiger partial charge in [-0.3, -0.25) is 0 Å². The third-order valence-corrected chi connectivity index (χ3v) is 7.10. The van der Waals surface area contributed by atoms with E-state index < -0.39 is 0 Å². The molecule has 1 aliphatic heterocycles. The Morgan fingerprint density at radius 1 is 0.900 bits per heavy atom. The van der Waals surface area contributed by atoms with E-state index in [1.807, 2.05) is 0 Å². The lowest BCUT2D eigenvalue weighted by atomic mass is 9.79. The zero-order chi connectivity index (χ0) is 19.9. The van der Waals surface area contributed by atoms with Gasteiger partial charge in [-0.05, 0) is 70.9 Å². The van der Waals surface area contributed by atoms with Crippen LogP contribution in [0.3, 0.4) is 0 Å². The smallest absolute Gasteiger partial charge is 0.0498 e. The van der Waals surface area contributed by atoms with Crippen molar-refractivity contribution in [2.75, 3.05) is 24.5 Å². The Morgan fingerprint density at radius 3 is 2.77 bits per heavy atom. The third kappa shape index (κ3) is 3.07. The molecule has 2 heteroatoms. The van der Waals surface area contributed by atoms with Crippen molar-refractivity contribution in [2.45, 2.75) is 31.7 Å². The molecular formula is C28H28N2. The van der Waals surface area contributed by atoms with E-state index in [-0.39, 0.29) is 0 Å². The number of benzene rings is 3. The van der Waals surface area contributed by atoms with Crippen LogP contribution in [0.15, 0.2) is 78.4 Å². The molecule has 1 atom stereocenters. The number of hydrogen-bond donors (Lipinski definition) is 1. The molecule has 0 amide bonds. The molecule has 1 heterocycles. The molecule has 1 unspecified atom stereocenters. The second kappa shape index (κ2) is 7.45. The number of rotatable bonds is 2. The highest BCUT2D eigenvalue weighted by Crippen LogP contribution is 2.40. The Kier molecular flexibility index (Phi) is 4.46. The Morgan fingerprint density at radius 2 is 1.83 bits per heavy atom. The van der Waals surface area contributed by atoms with Gasteiger partial charge in [0.1, 0.15) is 0 Å². The topological polar surface area (TPSA) is 15.3 Å². The highest BCUT2D eigenvalue weighted by Gasteiger charge is 2.23. The van der Waals surface area contributed by atoms with E-state index in [1.165, 1.54) is 58.8 Å². The molecule has 0 radical (unpaired) electrons. The molecule has 3 aromatic carbocycles. The predicted molar refractivity (Wildman–Crippen MR) is 127 cm³/mol. The van der Waals surface area contributed by atoms with Crippen LogP contribution in [0.4, 0.5) is 5.69 Å². The fraction of sp³-hybridized carbons (Fsp3) is 0.286. The Balaban J connectivity index is 1.33. The van der Waals surface area contributed by atoms with Gasteiger partial charge in [-0.25, -0.2) is 0 Å². The third-order valence-electron chi connectivity index (χ3n) is 7.10. The number of hydrogen-bond acceptors (Lipinski definition) is 2. The molecule has 0 aromatic heterocycles. The van der Waals surface area contributed by atoms with Crippen LogP contribution in [-0.2, 0) is 6.42 Å². The fourth-order valence-corrected chi connectivity index (χ4v) is 5.52. The average molecular weight is 393 g/mol. The molecule has 6 rings (SSSR count). The lowest BCUT2D eigenvalue weighted by Crippen LogP contribution is -2.45. The van der Waals surface area contributed by atoms with Gasteiger partial charge < -0.3 is 10.2 Å². The molecule has 0 saturated carbocycles. The maximum atomic E-state index is 3.69. The van der Waals surface area contributed by atoms with Gasteiger partial charge in [0.15, 0.2) is 0 Å². The van der Waals surface area contributed by atoms with Gasteiger partial charge in [0.25, 0.3) is 0 Å². The van der Waals surface area contributed by atoms with Gasteiger partial charge in [0.05, 0.1) is 0 Å². The number of aryl methyl sites for hydroxylation is 1. The Hall–Kier alpha value is -2.84. The van der Waals surface area contributed by atoms with Crippen LogP contribution in [0.5, 0.6) is 0 Å². The van der Waals surface area contributed by atoms with Gasteiger partial charge in [0, 0.05) is 31.4 Å². The standard InChI is InChI=1S/C28H28N2/c1-2-7-21(8-3-1)28-19-30(17-16-29-28)23-12-15-25-22(18-23)11-14-26-24-9-5-4-6-20(24)10-13-27(25)26/h1-3,5,7-9,11-12,14-15,18,28-29H,4,6,10,13,16-17,19H2. The number of piperazine rings is 1. The first-order valence-electron chi connectivity index (χ1n) is 11.3. The molecule has 150 valence electrons. The van der Waals surface area contributed by atoms with E-state index in [0.717, 1.165) is 19.6 Å². The number of fused-ring (bicyclic) bond motifs is 4. The normalized spacial score (nSPS) is 20.9. The largest absolute Gasteiger partial charge is 0.368 e. The SMILES string of the molecule is C1=CC2=C(CC1)CCc1c2ccc2cc(N3CCNC(c4ccccc4)C3)ccc12. The molecular weight excluding hydrogens is 364 g/mol. The minimum atomic E-state index is 0.391. The van der Waals surface area contributed by atoms with Gasteiger partial charge in [0.2, 0.25) is 0 Å². The summed E-state index contributed by atoms with van der Waals surface area (Å²) < 4.78 is 0. The molecule has 2 nitrogen and oxygen atoms in total. The summed E-state index contributed by atoms with van der Waals surface area (Å²) in [4.78, 5) is 2.54. The molecule has 0 spiro atoms. The number of allylic oxidation sites excluding steroid dienone is 4. The van der Waals surface area contributed by atoms with Crippen LogP contribution >= 0.6 is 0 Å². The van der Waals surface area contributed by atoms with E-state index in [4.69, 9.17) is 0 Å². The summed E-state index contributed by atoms with van der Waals surface area (Å²) in [7, 11) is 0. The molecule has 1 N–H and O–H groups in total. The highest BCUT2D eigenvalue weighted by atomic mass is 15.2. The first-order valence-corrected chi connectivity index (χ1v) is 11.3. The van der Waals surface area contributed by atoms with E-state index in [1.54, 1.807) is 11.1 Å². The summed E-state index contributed by atoms with van der Waals surface area (Å²) in [6.07, 6.45) is 9.57. The first kappa shape index (κ1) is 18.0. The van der Waals surface area contributed by atoms with Crippen molar-refractivity contribution < 1.29 is 0 Å². The van der Waals surface area contributed by atoms with E-state index in [2.05, 4.69) is 83.0 Å². The van der Waals surface area contributed by atoms with Gasteiger partial charge in [-0.2, -0.15) is 0 Å². The van der Waals surface area contributed by atoms with Crippen molar-refractivity contribution in [3.63, 3.8) is 0 Å². The van der Waals surface area contributed by atoms with Crippen LogP contribution < -0.4 is 10.2 Å². The van der Waals surface area contributed by atoms with Crippen LogP contribution in [0.2, 0.25) is 0 Å². The van der Waals surface area contributed by atoms with E-state index >= 15 is 0 Å². The second-order valence-corrected chi connectivity index (χ2v) is 8.82. The van der Waals surface area contributed by atoms with Crippen LogP contribution in [0.25, 0.3) is 16.3 Å². The van der Waals surface area contributed by atoms with Crippen molar-refractivity contribution >= 4 is 22.0 Å². The number of nitrogens with zero attached hydrogens (tertiary/aromatic N) is 1. The molecule has 1 fully saturated rings. The summed E-state index contributed by atoms with van der Waals surface area (Å²) in [5.74, 6) is 0. The number of anilines is 1. The Bertz CT molecular complexity index is 1160. The molecule has 3 aromatic rings. The van der Waals surface area contributed by atoms with Crippen molar-refractivity contribution in [2.24, 2.45) is 0 Å². The summed E-state index contributed by atoms with van der Waals surface area (Å²) in [5.41, 5.74) is 8.90. The van der Waals surface area contributed by atoms with E-state index in [9.17, 15) is 0 Å². The second-order valence-electron chi connectivity index (χ2n) is 8.82. The summed E-state index contributed by atoms with van der Waals surface area (Å²) in [6, 6.07) is 23.1. The maximum Gasteiger partial charge on any atom is 0.0498 e. The summed E-state index contributed by atoms with van der Waals surface area (Å²) in [6.45, 7) is 3.09. The average Bonchev–Trinajstić information content (AvgIpc) is 2.84. The summed E-state index contributed by atoms with van der Waals surface area (Å²) in [5, 5.41) is 6.51. The van der Waals surface area contributed by atoms with Crippen molar-refractivity contribution in [1.82, 2.24) is 5.32 Å². The van der Waals surface area contributed by atoms with Crippen molar-refractivity contribution in [1.29, 1.82) is 0 Å². The highest BCUT2D eigenvalue weighted by molar-refractivity contribution is 5.95. The molecule has 30 heavy (non-hydrogen) atoms. The maximum absolute atomic E-state index is 3.69. The van der Waals surface area contributed by atoms with Crippen molar-refractivity contribution in [3.05, 3.63) is 95.1 Å². The van der Waals surface area contributed by atoms with Crippen molar-refractivity contribution in [3.8, 4) is 0 Å². The summed E-state index contributed by atoms with van der Waals surface area (Å²) >= 11 is 0. The zero-order valence-electron chi connectivity index (χ0n) is 17.4. The minimum absolute atomic E-state index is 0.391. The monoisotopic (exact) mass is 392 g/mol. The predicted octanol–water partition coefficient (Wildman–Crippen LogP) is 6.04. The molecule has 1 saturated heterocycles. The zero-order valence-corrected chi connectivity index (χ0v) is 17.4. The van der Waals surface area contributed by atoms with Crippen LogP contribution in [-0.4, -0.2) is 19.6 Å². The van der Waals surface area contributed by atoms with Gasteiger partial charge in [-0.15, -0.1) is 0 Å². The van der Waals surface area contributed by atoms with Crippen LogP contribution in [0, 0.1) is 0 Å². The molecule has 3 aliphatic rings. The quantitative estimate of drug-likeness (QED) is 0.572. The lowest BCUT2D eigenvalue weighted by molar-refractivity contribution is 0.472. The molecule has 0 bridgehead atoms. The minimum Gasteiger partial charge on any atom is -0.368 e. The lowest BCUT2D eigenvalue weighted by Gasteiger charge is -2.36. The Labute approximate surface area is 178 Å². The molecule has 2 aliphatic carbocycles. The fourth-order valence-electron chi connectivity index (χ4n) is 5.52. The van der Waals surface area contributed by atoms with Gasteiger partial charge in [-0.1, -0.05) is 66.3 Å². The number of nitrogens with one attached hydrogen (secondary N) is 1. The first-order chi connectivity index (χ1) is 14.9. The van der Waals surface area contributed by atoms with Crippen LogP contribution in [0.1, 0.15) is 42.0 Å². The van der Waals surface area contributed by atoms with Gasteiger partial charge >= 0.3 is 0 Å². The van der Waals surface area contributed by atoms with E-state index in [0.29, 0.717) is 6.04 Å².